The van der Waals surface area contributed by atoms with Crippen LogP contribution in [0, 0.1) is 0 Å². The number of nitrogens with one attached hydrogen (secondary N) is 1. The lowest BCUT2D eigenvalue weighted by molar-refractivity contribution is 0.461. The molecule has 118 valence electrons. The molecule has 4 heteroatoms. The SMILES string of the molecule is CCN(CC)c1nc(NC2CCCCC2)nc2ccccc12. The van der Waals surface area contributed by atoms with Gasteiger partial charge in [0.05, 0.1) is 5.52 Å². The summed E-state index contributed by atoms with van der Waals surface area (Å²) in [6.07, 6.45) is 6.46. The van der Waals surface area contributed by atoms with E-state index >= 15 is 0 Å². The first-order chi connectivity index (χ1) is 10.8. The van der Waals surface area contributed by atoms with E-state index in [-0.39, 0.29) is 0 Å². The van der Waals surface area contributed by atoms with Gasteiger partial charge in [0, 0.05) is 24.5 Å². The van der Waals surface area contributed by atoms with Crippen molar-refractivity contribution in [3.8, 4) is 0 Å². The average molecular weight is 298 g/mol. The lowest BCUT2D eigenvalue weighted by atomic mass is 9.96. The molecular formula is C18H26N4. The first kappa shape index (κ1) is 15.1. The highest BCUT2D eigenvalue weighted by Gasteiger charge is 2.17. The molecule has 1 aliphatic carbocycles. The third-order valence-electron chi connectivity index (χ3n) is 4.58. The molecule has 22 heavy (non-hydrogen) atoms. The van der Waals surface area contributed by atoms with Gasteiger partial charge in [0.15, 0.2) is 0 Å². The summed E-state index contributed by atoms with van der Waals surface area (Å²) in [5.74, 6) is 1.83. The fourth-order valence-electron chi connectivity index (χ4n) is 3.32. The normalized spacial score (nSPS) is 15.9. The molecule has 4 nitrogen and oxygen atoms in total. The van der Waals surface area contributed by atoms with Gasteiger partial charge in [0.25, 0.3) is 0 Å². The summed E-state index contributed by atoms with van der Waals surface area (Å²) in [4.78, 5) is 11.9. The van der Waals surface area contributed by atoms with E-state index in [2.05, 4.69) is 42.3 Å². The Balaban J connectivity index is 1.96. The molecule has 0 radical (unpaired) electrons. The fourth-order valence-corrected chi connectivity index (χ4v) is 3.32. The molecule has 0 saturated heterocycles. The summed E-state index contributed by atoms with van der Waals surface area (Å²) in [5.41, 5.74) is 1.03. The van der Waals surface area contributed by atoms with E-state index in [0.717, 1.165) is 35.8 Å². The van der Waals surface area contributed by atoms with Gasteiger partial charge in [0.2, 0.25) is 5.95 Å². The second-order valence-corrected chi connectivity index (χ2v) is 6.04. The van der Waals surface area contributed by atoms with Gasteiger partial charge in [-0.15, -0.1) is 0 Å². The Morgan fingerprint density at radius 3 is 2.50 bits per heavy atom. The fraction of sp³-hybridized carbons (Fsp3) is 0.556. The molecule has 1 aromatic heterocycles. The van der Waals surface area contributed by atoms with Crippen LogP contribution in [-0.4, -0.2) is 29.1 Å². The smallest absolute Gasteiger partial charge is 0.225 e. The molecular weight excluding hydrogens is 272 g/mol. The van der Waals surface area contributed by atoms with Crippen LogP contribution >= 0.6 is 0 Å². The van der Waals surface area contributed by atoms with Crippen LogP contribution in [0.5, 0.6) is 0 Å². The van der Waals surface area contributed by atoms with Gasteiger partial charge in [-0.05, 0) is 38.8 Å². The first-order valence-electron chi connectivity index (χ1n) is 8.60. The molecule has 1 aromatic carbocycles. The largest absolute Gasteiger partial charge is 0.356 e. The van der Waals surface area contributed by atoms with Crippen LogP contribution < -0.4 is 10.2 Å². The predicted octanol–water partition coefficient (Wildman–Crippen LogP) is 4.22. The second-order valence-electron chi connectivity index (χ2n) is 6.04. The molecule has 0 aliphatic heterocycles. The Morgan fingerprint density at radius 1 is 1.05 bits per heavy atom. The maximum Gasteiger partial charge on any atom is 0.225 e. The Morgan fingerprint density at radius 2 is 1.77 bits per heavy atom. The number of nitrogens with zero attached hydrogens (tertiary/aromatic N) is 3. The summed E-state index contributed by atoms with van der Waals surface area (Å²) < 4.78 is 0. The maximum atomic E-state index is 4.84. The summed E-state index contributed by atoms with van der Waals surface area (Å²) in [6, 6.07) is 8.83. The lowest BCUT2D eigenvalue weighted by Gasteiger charge is -2.25. The summed E-state index contributed by atoms with van der Waals surface area (Å²) in [6.45, 7) is 6.27. The van der Waals surface area contributed by atoms with Crippen LogP contribution in [0.15, 0.2) is 24.3 Å². The van der Waals surface area contributed by atoms with E-state index in [4.69, 9.17) is 9.97 Å². The quantitative estimate of drug-likeness (QED) is 0.897. The second kappa shape index (κ2) is 6.95. The molecule has 0 amide bonds. The third kappa shape index (κ3) is 3.16. The Hall–Kier alpha value is -1.84. The van der Waals surface area contributed by atoms with Crippen LogP contribution in [0.2, 0.25) is 0 Å². The van der Waals surface area contributed by atoms with E-state index in [1.54, 1.807) is 0 Å². The molecule has 1 saturated carbocycles. The maximum absolute atomic E-state index is 4.84. The van der Waals surface area contributed by atoms with Gasteiger partial charge in [-0.2, -0.15) is 4.98 Å². The zero-order chi connectivity index (χ0) is 15.4. The number of aromatic nitrogens is 2. The minimum absolute atomic E-state index is 0.527. The summed E-state index contributed by atoms with van der Waals surface area (Å²) in [5, 5.41) is 4.71. The summed E-state index contributed by atoms with van der Waals surface area (Å²) >= 11 is 0. The van der Waals surface area contributed by atoms with Crippen LogP contribution in [0.1, 0.15) is 46.0 Å². The van der Waals surface area contributed by atoms with Crippen molar-refractivity contribution in [3.05, 3.63) is 24.3 Å². The van der Waals surface area contributed by atoms with E-state index < -0.39 is 0 Å². The van der Waals surface area contributed by atoms with Crippen molar-refractivity contribution in [2.75, 3.05) is 23.3 Å². The third-order valence-corrected chi connectivity index (χ3v) is 4.58. The van der Waals surface area contributed by atoms with Crippen molar-refractivity contribution >= 4 is 22.7 Å². The van der Waals surface area contributed by atoms with Crippen molar-refractivity contribution in [3.63, 3.8) is 0 Å². The zero-order valence-corrected chi connectivity index (χ0v) is 13.7. The van der Waals surface area contributed by atoms with E-state index in [0.29, 0.717) is 6.04 Å². The van der Waals surface area contributed by atoms with E-state index in [1.165, 1.54) is 32.1 Å². The van der Waals surface area contributed by atoms with Gasteiger partial charge < -0.3 is 10.2 Å². The molecule has 0 bridgehead atoms. The minimum Gasteiger partial charge on any atom is -0.356 e. The van der Waals surface area contributed by atoms with Gasteiger partial charge in [-0.1, -0.05) is 31.4 Å². The zero-order valence-electron chi connectivity index (χ0n) is 13.7. The van der Waals surface area contributed by atoms with Crippen LogP contribution in [0.4, 0.5) is 11.8 Å². The Kier molecular flexibility index (Phi) is 4.76. The number of rotatable bonds is 5. The lowest BCUT2D eigenvalue weighted by Crippen LogP contribution is -2.26. The molecule has 1 aliphatic rings. The monoisotopic (exact) mass is 298 g/mol. The number of para-hydroxylation sites is 1. The number of hydrogen-bond donors (Lipinski definition) is 1. The van der Waals surface area contributed by atoms with Crippen molar-refractivity contribution in [1.82, 2.24) is 9.97 Å². The molecule has 1 heterocycles. The number of benzene rings is 1. The van der Waals surface area contributed by atoms with Crippen LogP contribution in [0.3, 0.4) is 0 Å². The van der Waals surface area contributed by atoms with Crippen LogP contribution in [-0.2, 0) is 0 Å². The molecule has 1 fully saturated rings. The van der Waals surface area contributed by atoms with E-state index in [9.17, 15) is 0 Å². The Bertz CT molecular complexity index is 616. The summed E-state index contributed by atoms with van der Waals surface area (Å²) in [7, 11) is 0. The molecule has 1 N–H and O–H groups in total. The van der Waals surface area contributed by atoms with Gasteiger partial charge in [-0.25, -0.2) is 4.98 Å². The average Bonchev–Trinajstić information content (AvgIpc) is 2.57. The minimum atomic E-state index is 0.527. The Labute approximate surface area is 133 Å². The highest BCUT2D eigenvalue weighted by molar-refractivity contribution is 5.90. The number of fused-ring (bicyclic) bond motifs is 1. The molecule has 3 rings (SSSR count). The first-order valence-corrected chi connectivity index (χ1v) is 8.60. The van der Waals surface area contributed by atoms with Crippen molar-refractivity contribution < 1.29 is 0 Å². The predicted molar refractivity (Wildman–Crippen MR) is 93.6 cm³/mol. The van der Waals surface area contributed by atoms with Crippen molar-refractivity contribution in [2.24, 2.45) is 0 Å². The van der Waals surface area contributed by atoms with Crippen LogP contribution in [0.25, 0.3) is 10.9 Å². The molecule has 0 spiro atoms. The standard InChI is InChI=1S/C18H26N4/c1-3-22(4-2)17-15-12-8-9-13-16(15)20-18(21-17)19-14-10-6-5-7-11-14/h8-9,12-14H,3-7,10-11H2,1-2H3,(H,19,20,21). The van der Waals surface area contributed by atoms with Gasteiger partial charge in [0.1, 0.15) is 5.82 Å². The highest BCUT2D eigenvalue weighted by atomic mass is 15.2. The topological polar surface area (TPSA) is 41.1 Å². The van der Waals surface area contributed by atoms with Crippen molar-refractivity contribution in [2.45, 2.75) is 52.0 Å². The number of hydrogen-bond acceptors (Lipinski definition) is 4. The number of anilines is 2. The van der Waals surface area contributed by atoms with Gasteiger partial charge in [-0.3, -0.25) is 0 Å². The molecule has 0 unspecified atom stereocenters. The highest BCUT2D eigenvalue weighted by Crippen LogP contribution is 2.27. The molecule has 2 aromatic rings. The van der Waals surface area contributed by atoms with Gasteiger partial charge >= 0.3 is 0 Å². The van der Waals surface area contributed by atoms with Crippen molar-refractivity contribution in [1.29, 1.82) is 0 Å². The molecule has 0 atom stereocenters. The van der Waals surface area contributed by atoms with E-state index in [1.807, 2.05) is 6.07 Å².